The lowest BCUT2D eigenvalue weighted by molar-refractivity contribution is -0.140. The molecule has 0 radical (unpaired) electrons. The van der Waals surface area contributed by atoms with Gasteiger partial charge in [0.15, 0.2) is 0 Å². The summed E-state index contributed by atoms with van der Waals surface area (Å²) in [7, 11) is -4.15. The number of anilines is 1. The van der Waals surface area contributed by atoms with E-state index in [9.17, 15) is 18.0 Å². The first-order chi connectivity index (χ1) is 20.3. The fraction of sp³-hybridized carbons (Fsp3) is 0.394. The number of benzene rings is 3. The van der Waals surface area contributed by atoms with Crippen LogP contribution in [-0.4, -0.2) is 43.8 Å². The highest BCUT2D eigenvalue weighted by molar-refractivity contribution is 7.92. The van der Waals surface area contributed by atoms with Gasteiger partial charge in [0.05, 0.1) is 10.6 Å². The fourth-order valence-electron chi connectivity index (χ4n) is 4.59. The van der Waals surface area contributed by atoms with Crippen LogP contribution < -0.4 is 9.62 Å². The van der Waals surface area contributed by atoms with Crippen molar-refractivity contribution in [2.45, 2.75) is 83.8 Å². The minimum absolute atomic E-state index is 0.00796. The third-order valence-electron chi connectivity index (χ3n) is 7.48. The molecule has 3 rings (SSSR count). The van der Waals surface area contributed by atoms with E-state index in [1.54, 1.807) is 42.5 Å². The Labute approximate surface area is 266 Å². The van der Waals surface area contributed by atoms with Crippen LogP contribution in [0.25, 0.3) is 0 Å². The Morgan fingerprint density at radius 1 is 0.884 bits per heavy atom. The van der Waals surface area contributed by atoms with Crippen LogP contribution in [0.3, 0.4) is 0 Å². The number of sulfonamides is 1. The summed E-state index contributed by atoms with van der Waals surface area (Å²) in [6, 6.07) is 17.6. The predicted octanol–water partition coefficient (Wildman–Crippen LogP) is 7.34. The molecule has 0 heterocycles. The van der Waals surface area contributed by atoms with Gasteiger partial charge >= 0.3 is 0 Å². The van der Waals surface area contributed by atoms with Gasteiger partial charge in [0, 0.05) is 22.6 Å². The van der Waals surface area contributed by atoms with Gasteiger partial charge in [-0.15, -0.1) is 0 Å². The molecule has 10 heteroatoms. The molecule has 0 aliphatic heterocycles. The number of nitrogens with zero attached hydrogens (tertiary/aromatic N) is 2. The molecule has 2 amide bonds. The van der Waals surface area contributed by atoms with E-state index in [1.807, 2.05) is 39.8 Å². The second-order valence-corrected chi connectivity index (χ2v) is 13.8. The van der Waals surface area contributed by atoms with E-state index in [4.69, 9.17) is 23.2 Å². The van der Waals surface area contributed by atoms with Crippen molar-refractivity contribution in [1.29, 1.82) is 0 Å². The van der Waals surface area contributed by atoms with E-state index >= 15 is 0 Å². The fourth-order valence-corrected chi connectivity index (χ4v) is 6.47. The molecular formula is C33H41Cl2N3O4S. The molecule has 0 aliphatic rings. The molecular weight excluding hydrogens is 605 g/mol. The molecule has 0 spiro atoms. The second-order valence-electron chi connectivity index (χ2n) is 11.1. The van der Waals surface area contributed by atoms with Crippen molar-refractivity contribution < 1.29 is 18.0 Å². The second kappa shape index (κ2) is 15.1. The van der Waals surface area contributed by atoms with Crippen LogP contribution in [0.2, 0.25) is 10.0 Å². The highest BCUT2D eigenvalue weighted by Crippen LogP contribution is 2.28. The number of rotatable bonds is 13. The number of amides is 2. The predicted molar refractivity (Wildman–Crippen MR) is 175 cm³/mol. The van der Waals surface area contributed by atoms with Gasteiger partial charge in [-0.1, -0.05) is 86.8 Å². The Hall–Kier alpha value is -3.07. The van der Waals surface area contributed by atoms with Gasteiger partial charge < -0.3 is 10.2 Å². The van der Waals surface area contributed by atoms with Crippen molar-refractivity contribution in [3.63, 3.8) is 0 Å². The number of nitrogens with one attached hydrogen (secondary N) is 1. The van der Waals surface area contributed by atoms with Crippen LogP contribution in [0.4, 0.5) is 5.69 Å². The molecule has 3 aromatic rings. The van der Waals surface area contributed by atoms with Crippen LogP contribution in [0.1, 0.15) is 70.1 Å². The quantitative estimate of drug-likeness (QED) is 0.211. The average Bonchev–Trinajstić information content (AvgIpc) is 2.96. The number of carbonyl (C=O) groups excluding carboxylic acids is 2. The van der Waals surface area contributed by atoms with E-state index in [0.29, 0.717) is 34.1 Å². The molecule has 0 aromatic heterocycles. The lowest BCUT2D eigenvalue weighted by Crippen LogP contribution is -2.53. The average molecular weight is 647 g/mol. The Kier molecular flexibility index (Phi) is 12.1. The standard InChI is InChI=1S/C33H41Cl2N3O4S/c1-7-24(6)36-33(40)31(8-2)37(20-26-11-14-27(34)19-30(26)35)32(39)21-38(28-15-12-25(13-16-28)22(3)4)43(41,42)29-17-9-23(5)10-18-29/h9-19,22,24,31H,7-8,20-21H2,1-6H3,(H,36,40)/t24-,31-/m1/s1. The molecule has 232 valence electrons. The summed E-state index contributed by atoms with van der Waals surface area (Å²) < 4.78 is 29.2. The number of halogens is 2. The van der Waals surface area contributed by atoms with Gasteiger partial charge in [0.2, 0.25) is 11.8 Å². The van der Waals surface area contributed by atoms with Crippen molar-refractivity contribution in [1.82, 2.24) is 10.2 Å². The highest BCUT2D eigenvalue weighted by Gasteiger charge is 2.34. The summed E-state index contributed by atoms with van der Waals surface area (Å²) in [6.45, 7) is 11.1. The van der Waals surface area contributed by atoms with E-state index in [-0.39, 0.29) is 29.3 Å². The summed E-state index contributed by atoms with van der Waals surface area (Å²) in [5.41, 5.74) is 2.88. The van der Waals surface area contributed by atoms with Crippen LogP contribution in [0.5, 0.6) is 0 Å². The number of hydrogen-bond donors (Lipinski definition) is 1. The first-order valence-corrected chi connectivity index (χ1v) is 16.7. The summed E-state index contributed by atoms with van der Waals surface area (Å²) >= 11 is 12.6. The van der Waals surface area contributed by atoms with Gasteiger partial charge in [-0.2, -0.15) is 0 Å². The monoisotopic (exact) mass is 645 g/mol. The normalized spacial score (nSPS) is 13.0. The van der Waals surface area contributed by atoms with Crippen LogP contribution in [0.15, 0.2) is 71.6 Å². The zero-order chi connectivity index (χ0) is 31.9. The summed E-state index contributed by atoms with van der Waals surface area (Å²) in [6.07, 6.45) is 1.03. The molecule has 2 atom stereocenters. The van der Waals surface area contributed by atoms with Gasteiger partial charge in [-0.3, -0.25) is 13.9 Å². The van der Waals surface area contributed by atoms with Crippen molar-refractivity contribution in [2.75, 3.05) is 10.8 Å². The molecule has 43 heavy (non-hydrogen) atoms. The number of carbonyl (C=O) groups is 2. The molecule has 0 aliphatic carbocycles. The van der Waals surface area contributed by atoms with Gasteiger partial charge in [-0.05, 0) is 80.1 Å². The maximum atomic E-state index is 14.2. The van der Waals surface area contributed by atoms with Gasteiger partial charge in [0.1, 0.15) is 12.6 Å². The third kappa shape index (κ3) is 8.74. The van der Waals surface area contributed by atoms with Crippen LogP contribution in [-0.2, 0) is 26.2 Å². The zero-order valence-corrected chi connectivity index (χ0v) is 27.9. The van der Waals surface area contributed by atoms with Crippen molar-refractivity contribution in [2.24, 2.45) is 0 Å². The smallest absolute Gasteiger partial charge is 0.264 e. The molecule has 0 saturated heterocycles. The molecule has 3 aromatic carbocycles. The SMILES string of the molecule is CC[C@@H](C)NC(=O)[C@@H](CC)N(Cc1ccc(Cl)cc1Cl)C(=O)CN(c1ccc(C(C)C)cc1)S(=O)(=O)c1ccc(C)cc1. The zero-order valence-electron chi connectivity index (χ0n) is 25.6. The Morgan fingerprint density at radius 3 is 2.05 bits per heavy atom. The topological polar surface area (TPSA) is 86.8 Å². The van der Waals surface area contributed by atoms with Gasteiger partial charge in [-0.25, -0.2) is 8.42 Å². The van der Waals surface area contributed by atoms with Crippen molar-refractivity contribution in [3.05, 3.63) is 93.5 Å². The lowest BCUT2D eigenvalue weighted by atomic mass is 10.0. The first kappa shape index (κ1) is 34.4. The van der Waals surface area contributed by atoms with E-state index in [1.165, 1.54) is 17.0 Å². The van der Waals surface area contributed by atoms with E-state index < -0.39 is 28.5 Å². The molecule has 0 unspecified atom stereocenters. The van der Waals surface area contributed by atoms with Crippen molar-refractivity contribution in [3.8, 4) is 0 Å². The minimum atomic E-state index is -4.15. The molecule has 1 N–H and O–H groups in total. The maximum absolute atomic E-state index is 14.2. The molecule has 0 bridgehead atoms. The van der Waals surface area contributed by atoms with Crippen LogP contribution in [0, 0.1) is 6.92 Å². The number of hydrogen-bond acceptors (Lipinski definition) is 4. The maximum Gasteiger partial charge on any atom is 0.264 e. The largest absolute Gasteiger partial charge is 0.352 e. The summed E-state index contributed by atoms with van der Waals surface area (Å²) in [5.74, 6) is -0.614. The summed E-state index contributed by atoms with van der Waals surface area (Å²) in [5, 5.41) is 3.75. The molecule has 0 saturated carbocycles. The van der Waals surface area contributed by atoms with Crippen molar-refractivity contribution >= 4 is 50.7 Å². The Morgan fingerprint density at radius 2 is 1.51 bits per heavy atom. The highest BCUT2D eigenvalue weighted by atomic mass is 35.5. The lowest BCUT2D eigenvalue weighted by Gasteiger charge is -2.34. The first-order valence-electron chi connectivity index (χ1n) is 14.5. The van der Waals surface area contributed by atoms with Gasteiger partial charge in [0.25, 0.3) is 10.0 Å². The minimum Gasteiger partial charge on any atom is -0.352 e. The van der Waals surface area contributed by atoms with E-state index in [0.717, 1.165) is 15.4 Å². The van der Waals surface area contributed by atoms with Crippen LogP contribution >= 0.6 is 23.2 Å². The summed E-state index contributed by atoms with van der Waals surface area (Å²) in [4.78, 5) is 29.2. The molecule has 7 nitrogen and oxygen atoms in total. The Balaban J connectivity index is 2.10. The Bertz CT molecular complexity index is 1510. The number of aryl methyl sites for hydroxylation is 1. The third-order valence-corrected chi connectivity index (χ3v) is 9.85. The van der Waals surface area contributed by atoms with E-state index in [2.05, 4.69) is 19.2 Å². The molecule has 0 fully saturated rings.